The Balaban J connectivity index is 2.31. The Hall–Kier alpha value is -0.680. The summed E-state index contributed by atoms with van der Waals surface area (Å²) in [5, 5.41) is 13.3. The zero-order valence-corrected chi connectivity index (χ0v) is 10.4. The summed E-state index contributed by atoms with van der Waals surface area (Å²) >= 11 is 4.48. The first-order valence-electron chi connectivity index (χ1n) is 5.75. The van der Waals surface area contributed by atoms with Crippen LogP contribution in [-0.2, 0) is 13.0 Å². The van der Waals surface area contributed by atoms with Crippen molar-refractivity contribution >= 4 is 12.6 Å². The molecule has 0 saturated carbocycles. The van der Waals surface area contributed by atoms with E-state index in [1.807, 2.05) is 11.6 Å². The largest absolute Gasteiger partial charge is 0.474 e. The first-order chi connectivity index (χ1) is 7.74. The minimum Gasteiger partial charge on any atom is -0.474 e. The topological polar surface area (TPSA) is 47.3 Å². The highest BCUT2D eigenvalue weighted by molar-refractivity contribution is 7.80. The number of aromatic nitrogens is 2. The van der Waals surface area contributed by atoms with Crippen molar-refractivity contribution in [3.8, 4) is 5.88 Å². The van der Waals surface area contributed by atoms with E-state index in [9.17, 15) is 0 Å². The lowest BCUT2D eigenvalue weighted by Gasteiger charge is -2.15. The van der Waals surface area contributed by atoms with E-state index in [1.54, 1.807) is 0 Å². The van der Waals surface area contributed by atoms with E-state index in [0.717, 1.165) is 18.5 Å². The number of thiol groups is 1. The van der Waals surface area contributed by atoms with Gasteiger partial charge in [0.15, 0.2) is 0 Å². The summed E-state index contributed by atoms with van der Waals surface area (Å²) in [4.78, 5) is 0. The Kier molecular flexibility index (Phi) is 3.76. The highest BCUT2D eigenvalue weighted by Gasteiger charge is 2.23. The van der Waals surface area contributed by atoms with Gasteiger partial charge in [-0.15, -0.1) is 5.10 Å². The maximum atomic E-state index is 8.78. The molecule has 5 heteroatoms. The quantitative estimate of drug-likeness (QED) is 0.788. The molecule has 1 aliphatic rings. The third kappa shape index (κ3) is 2.20. The molecule has 16 heavy (non-hydrogen) atoms. The number of fused-ring (bicyclic) bond motifs is 1. The molecule has 4 nitrogen and oxygen atoms in total. The van der Waals surface area contributed by atoms with E-state index in [0.29, 0.717) is 12.5 Å². The highest BCUT2D eigenvalue weighted by Crippen LogP contribution is 2.34. The molecule has 2 heterocycles. The third-order valence-electron chi connectivity index (χ3n) is 2.85. The first kappa shape index (κ1) is 11.8. The molecule has 0 aromatic carbocycles. The summed E-state index contributed by atoms with van der Waals surface area (Å²) in [5.41, 5.74) is 2.35. The molecule has 0 saturated heterocycles. The molecule has 1 aliphatic heterocycles. The highest BCUT2D eigenvalue weighted by atomic mass is 32.1. The van der Waals surface area contributed by atoms with E-state index in [4.69, 9.17) is 9.84 Å². The van der Waals surface area contributed by atoms with Gasteiger partial charge in [-0.05, 0) is 26.2 Å². The Labute approximate surface area is 101 Å². The number of hydrogen-bond donors (Lipinski definition) is 2. The van der Waals surface area contributed by atoms with Crippen molar-refractivity contribution in [1.82, 2.24) is 9.78 Å². The standard InChI is InChI=1S/C11H18N2O2S/c1-8(16)10-9-4-2-3-5-13(9)12-11(10)15-7-6-14/h8,14,16H,2-7H2,1H3. The number of hydrogen-bond acceptors (Lipinski definition) is 4. The lowest BCUT2D eigenvalue weighted by atomic mass is 10.0. The Morgan fingerprint density at radius 2 is 2.38 bits per heavy atom. The minimum atomic E-state index is 0.0165. The van der Waals surface area contributed by atoms with Crippen LogP contribution >= 0.6 is 12.6 Å². The Bertz CT molecular complexity index is 363. The number of rotatable bonds is 4. The van der Waals surface area contributed by atoms with Gasteiger partial charge in [-0.2, -0.15) is 12.6 Å². The monoisotopic (exact) mass is 242 g/mol. The zero-order chi connectivity index (χ0) is 11.5. The molecule has 0 aliphatic carbocycles. The molecule has 90 valence electrons. The van der Waals surface area contributed by atoms with Crippen LogP contribution in [-0.4, -0.2) is 28.1 Å². The molecule has 0 fully saturated rings. The Morgan fingerprint density at radius 3 is 3.06 bits per heavy atom. The van der Waals surface area contributed by atoms with E-state index in [-0.39, 0.29) is 11.9 Å². The third-order valence-corrected chi connectivity index (χ3v) is 3.10. The molecule has 1 N–H and O–H groups in total. The van der Waals surface area contributed by atoms with E-state index in [1.165, 1.54) is 18.5 Å². The Morgan fingerprint density at radius 1 is 1.56 bits per heavy atom. The van der Waals surface area contributed by atoms with Crippen molar-refractivity contribution < 1.29 is 9.84 Å². The van der Waals surface area contributed by atoms with Gasteiger partial charge >= 0.3 is 0 Å². The molecule has 1 aromatic rings. The molecule has 2 rings (SSSR count). The fraction of sp³-hybridized carbons (Fsp3) is 0.727. The molecule has 0 amide bonds. The zero-order valence-electron chi connectivity index (χ0n) is 9.52. The second-order valence-corrected chi connectivity index (χ2v) is 4.87. The number of aliphatic hydroxyl groups excluding tert-OH is 1. The lowest BCUT2D eigenvalue weighted by molar-refractivity contribution is 0.194. The smallest absolute Gasteiger partial charge is 0.237 e. The van der Waals surface area contributed by atoms with Crippen LogP contribution in [0.5, 0.6) is 5.88 Å². The maximum absolute atomic E-state index is 8.78. The van der Waals surface area contributed by atoms with Crippen LogP contribution in [0.4, 0.5) is 0 Å². The summed E-state index contributed by atoms with van der Waals surface area (Å²) in [6.45, 7) is 3.30. The second-order valence-electron chi connectivity index (χ2n) is 4.09. The van der Waals surface area contributed by atoms with Gasteiger partial charge in [0.1, 0.15) is 6.61 Å². The average molecular weight is 242 g/mol. The van der Waals surface area contributed by atoms with Gasteiger partial charge in [-0.1, -0.05) is 0 Å². The fourth-order valence-electron chi connectivity index (χ4n) is 2.16. The van der Waals surface area contributed by atoms with Crippen molar-refractivity contribution in [1.29, 1.82) is 0 Å². The summed E-state index contributed by atoms with van der Waals surface area (Å²) < 4.78 is 7.50. The fourth-order valence-corrected chi connectivity index (χ4v) is 2.42. The predicted molar refractivity (Wildman–Crippen MR) is 65.1 cm³/mol. The van der Waals surface area contributed by atoms with Crippen LogP contribution in [0.3, 0.4) is 0 Å². The van der Waals surface area contributed by atoms with Crippen LogP contribution < -0.4 is 4.74 Å². The normalized spacial score (nSPS) is 16.9. The van der Waals surface area contributed by atoms with Crippen molar-refractivity contribution in [2.24, 2.45) is 0 Å². The number of ether oxygens (including phenoxy) is 1. The van der Waals surface area contributed by atoms with Crippen LogP contribution in [0.25, 0.3) is 0 Å². The summed E-state index contributed by atoms with van der Waals surface area (Å²) in [5.74, 6) is 0.647. The SMILES string of the molecule is CC(S)c1c(OCCO)nn2c1CCCC2. The number of nitrogens with zero attached hydrogens (tertiary/aromatic N) is 2. The molecule has 0 radical (unpaired) electrons. The molecule has 1 atom stereocenters. The molecule has 0 bridgehead atoms. The van der Waals surface area contributed by atoms with Gasteiger partial charge in [-0.3, -0.25) is 4.68 Å². The van der Waals surface area contributed by atoms with Gasteiger partial charge in [0, 0.05) is 23.1 Å². The van der Waals surface area contributed by atoms with E-state index < -0.39 is 0 Å². The van der Waals surface area contributed by atoms with Crippen molar-refractivity contribution in [3.63, 3.8) is 0 Å². The van der Waals surface area contributed by atoms with E-state index >= 15 is 0 Å². The van der Waals surface area contributed by atoms with Crippen molar-refractivity contribution in [2.45, 2.75) is 38.0 Å². The summed E-state index contributed by atoms with van der Waals surface area (Å²) in [6.07, 6.45) is 3.43. The van der Waals surface area contributed by atoms with Crippen LogP contribution in [0, 0.1) is 0 Å². The van der Waals surface area contributed by atoms with Crippen molar-refractivity contribution in [2.75, 3.05) is 13.2 Å². The van der Waals surface area contributed by atoms with Gasteiger partial charge in [-0.25, -0.2) is 0 Å². The first-order valence-corrected chi connectivity index (χ1v) is 6.27. The average Bonchev–Trinajstić information content (AvgIpc) is 2.64. The lowest BCUT2D eigenvalue weighted by Crippen LogP contribution is -2.12. The molecule has 1 aromatic heterocycles. The van der Waals surface area contributed by atoms with Gasteiger partial charge in [0.25, 0.3) is 0 Å². The van der Waals surface area contributed by atoms with Gasteiger partial charge in [0.2, 0.25) is 5.88 Å². The molecule has 1 unspecified atom stereocenters. The minimum absolute atomic E-state index is 0.0165. The summed E-state index contributed by atoms with van der Waals surface area (Å²) in [6, 6.07) is 0. The number of aliphatic hydroxyl groups is 1. The van der Waals surface area contributed by atoms with Gasteiger partial charge in [0.05, 0.1) is 6.61 Å². The maximum Gasteiger partial charge on any atom is 0.237 e. The van der Waals surface area contributed by atoms with E-state index in [2.05, 4.69) is 17.7 Å². The molecular formula is C11H18N2O2S. The van der Waals surface area contributed by atoms with Crippen LogP contribution in [0.15, 0.2) is 0 Å². The second kappa shape index (κ2) is 5.10. The van der Waals surface area contributed by atoms with Gasteiger partial charge < -0.3 is 9.84 Å². The van der Waals surface area contributed by atoms with Crippen molar-refractivity contribution in [3.05, 3.63) is 11.3 Å². The molecule has 0 spiro atoms. The predicted octanol–water partition coefficient (Wildman–Crippen LogP) is 1.58. The van der Waals surface area contributed by atoms with Crippen LogP contribution in [0.1, 0.15) is 36.3 Å². The van der Waals surface area contributed by atoms with Crippen LogP contribution in [0.2, 0.25) is 0 Å². The number of aryl methyl sites for hydroxylation is 1. The summed E-state index contributed by atoms with van der Waals surface area (Å²) in [7, 11) is 0. The molecular weight excluding hydrogens is 224 g/mol.